The molecule has 4 aromatic rings. The number of nitrogens with zero attached hydrogens (tertiary/aromatic N) is 2. The van der Waals surface area contributed by atoms with Crippen molar-refractivity contribution in [3.05, 3.63) is 114 Å². The first-order valence-corrected chi connectivity index (χ1v) is 12.9. The first-order valence-electron chi connectivity index (χ1n) is 11.7. The van der Waals surface area contributed by atoms with Crippen LogP contribution in [-0.4, -0.2) is 28.2 Å². The van der Waals surface area contributed by atoms with Crippen LogP contribution in [0.15, 0.2) is 86.1 Å². The number of ether oxygens (including phenoxy) is 1. The van der Waals surface area contributed by atoms with E-state index in [0.717, 1.165) is 0 Å². The number of halogens is 1. The summed E-state index contributed by atoms with van der Waals surface area (Å²) in [4.78, 5) is 42.7. The number of aromatic nitrogens is 1. The zero-order valence-electron chi connectivity index (χ0n) is 20.3. The first kappa shape index (κ1) is 25.4. The van der Waals surface area contributed by atoms with E-state index in [2.05, 4.69) is 4.99 Å². The highest BCUT2D eigenvalue weighted by Crippen LogP contribution is 2.34. The Morgan fingerprint density at radius 3 is 2.58 bits per heavy atom. The average Bonchev–Trinajstić information content (AvgIpc) is 3.48. The number of allylic oxidation sites excluding steroid dienone is 1. The topological polar surface area (TPSA) is 111 Å². The van der Waals surface area contributed by atoms with Gasteiger partial charge >= 0.3 is 11.9 Å². The second-order valence-corrected chi connectivity index (χ2v) is 9.82. The van der Waals surface area contributed by atoms with E-state index in [4.69, 9.17) is 25.9 Å². The smallest absolute Gasteiger partial charge is 0.338 e. The van der Waals surface area contributed by atoms with Crippen LogP contribution in [-0.2, 0) is 9.53 Å². The molecule has 192 valence electrons. The zero-order valence-corrected chi connectivity index (χ0v) is 21.9. The second kappa shape index (κ2) is 10.3. The van der Waals surface area contributed by atoms with Crippen molar-refractivity contribution in [2.45, 2.75) is 19.9 Å². The molecule has 0 amide bonds. The van der Waals surface area contributed by atoms with E-state index in [1.165, 1.54) is 28.0 Å². The molecule has 5 rings (SSSR count). The van der Waals surface area contributed by atoms with Gasteiger partial charge in [0, 0.05) is 16.7 Å². The standard InChI is InChI=1S/C28H21ClN2O6S/c1-3-36-27(35)23-15(2)30-28-31(24(23)19-6-4-5-7-20(19)29)25(32)22(38-28)14-18-12-13-21(37-18)16-8-10-17(11-9-16)26(33)34/h4-14,24H,3H2,1-2H3,(H,33,34)/b22-14-/t24-/m0/s1. The Morgan fingerprint density at radius 1 is 1.16 bits per heavy atom. The summed E-state index contributed by atoms with van der Waals surface area (Å²) in [5.74, 6) is -0.611. The van der Waals surface area contributed by atoms with Crippen LogP contribution < -0.4 is 14.9 Å². The van der Waals surface area contributed by atoms with Gasteiger partial charge in [0.25, 0.3) is 5.56 Å². The molecule has 2 aromatic heterocycles. The fourth-order valence-electron chi connectivity index (χ4n) is 4.27. The normalized spacial score (nSPS) is 15.2. The van der Waals surface area contributed by atoms with Crippen LogP contribution in [0.1, 0.15) is 41.6 Å². The number of fused-ring (bicyclic) bond motifs is 1. The van der Waals surface area contributed by atoms with Gasteiger partial charge in [-0.15, -0.1) is 0 Å². The summed E-state index contributed by atoms with van der Waals surface area (Å²) in [5.41, 5.74) is 1.81. The van der Waals surface area contributed by atoms with Crippen molar-refractivity contribution < 1.29 is 23.8 Å². The number of carboxylic acids is 1. The van der Waals surface area contributed by atoms with Crippen LogP contribution in [0.5, 0.6) is 0 Å². The molecule has 1 aliphatic heterocycles. The van der Waals surface area contributed by atoms with Crippen molar-refractivity contribution >= 4 is 41.0 Å². The Morgan fingerprint density at radius 2 is 1.89 bits per heavy atom. The Balaban J connectivity index is 1.61. The summed E-state index contributed by atoms with van der Waals surface area (Å²) >= 11 is 7.70. The molecular weight excluding hydrogens is 528 g/mol. The van der Waals surface area contributed by atoms with Crippen molar-refractivity contribution in [3.63, 3.8) is 0 Å². The number of carboxylic acid groups (broad SMARTS) is 1. The maximum Gasteiger partial charge on any atom is 0.338 e. The SMILES string of the molecule is CCOC(=O)C1=C(C)N=c2s/c(=C\c3ccc(-c4ccc(C(=O)O)cc4)o3)c(=O)n2[C@H]1c1ccccc1Cl. The molecule has 1 atom stereocenters. The van der Waals surface area contributed by atoms with Gasteiger partial charge in [-0.1, -0.05) is 53.3 Å². The summed E-state index contributed by atoms with van der Waals surface area (Å²) in [7, 11) is 0. The molecule has 8 nitrogen and oxygen atoms in total. The first-order chi connectivity index (χ1) is 18.3. The number of esters is 1. The number of aromatic carboxylic acids is 1. The molecule has 2 aromatic carbocycles. The molecule has 1 N–H and O–H groups in total. The van der Waals surface area contributed by atoms with Gasteiger partial charge in [0.15, 0.2) is 4.80 Å². The van der Waals surface area contributed by atoms with E-state index >= 15 is 0 Å². The fourth-order valence-corrected chi connectivity index (χ4v) is 5.54. The van der Waals surface area contributed by atoms with E-state index < -0.39 is 18.0 Å². The van der Waals surface area contributed by atoms with E-state index in [1.807, 2.05) is 0 Å². The fraction of sp³-hybridized carbons (Fsp3) is 0.143. The van der Waals surface area contributed by atoms with E-state index in [0.29, 0.717) is 42.7 Å². The minimum atomic E-state index is -1.01. The van der Waals surface area contributed by atoms with Gasteiger partial charge in [0.2, 0.25) is 0 Å². The molecule has 0 radical (unpaired) electrons. The lowest BCUT2D eigenvalue weighted by atomic mass is 9.96. The maximum absolute atomic E-state index is 13.7. The van der Waals surface area contributed by atoms with E-state index in [1.54, 1.807) is 68.5 Å². The Kier molecular flexibility index (Phi) is 6.88. The van der Waals surface area contributed by atoms with E-state index in [9.17, 15) is 14.4 Å². The van der Waals surface area contributed by atoms with Gasteiger partial charge in [0.1, 0.15) is 17.6 Å². The van der Waals surface area contributed by atoms with Gasteiger partial charge < -0.3 is 14.3 Å². The number of carbonyl (C=O) groups excluding carboxylic acids is 1. The average molecular weight is 549 g/mol. The van der Waals surface area contributed by atoms with Crippen molar-refractivity contribution in [2.75, 3.05) is 6.61 Å². The molecule has 0 saturated carbocycles. The third-order valence-electron chi connectivity index (χ3n) is 6.03. The van der Waals surface area contributed by atoms with E-state index in [-0.39, 0.29) is 23.3 Å². The van der Waals surface area contributed by atoms with Crippen molar-refractivity contribution in [1.82, 2.24) is 4.57 Å². The second-order valence-electron chi connectivity index (χ2n) is 8.41. The number of furan rings is 1. The molecule has 0 bridgehead atoms. The minimum Gasteiger partial charge on any atom is -0.478 e. The molecule has 3 heterocycles. The van der Waals surface area contributed by atoms with Crippen molar-refractivity contribution in [1.29, 1.82) is 0 Å². The molecule has 38 heavy (non-hydrogen) atoms. The monoisotopic (exact) mass is 548 g/mol. The van der Waals surface area contributed by atoms with Crippen LogP contribution in [0.4, 0.5) is 0 Å². The van der Waals surface area contributed by atoms with Crippen LogP contribution in [0.3, 0.4) is 0 Å². The third-order valence-corrected chi connectivity index (χ3v) is 7.36. The molecule has 0 aliphatic carbocycles. The zero-order chi connectivity index (χ0) is 27.0. The Labute approximate surface area is 225 Å². The maximum atomic E-state index is 13.7. The molecule has 0 unspecified atom stereocenters. The van der Waals surface area contributed by atoms with Gasteiger partial charge in [-0.05, 0) is 49.7 Å². The summed E-state index contributed by atoms with van der Waals surface area (Å²) < 4.78 is 13.0. The lowest BCUT2D eigenvalue weighted by Crippen LogP contribution is -2.40. The summed E-state index contributed by atoms with van der Waals surface area (Å²) in [6, 6.07) is 16.0. The lowest BCUT2D eigenvalue weighted by Gasteiger charge is -2.25. The summed E-state index contributed by atoms with van der Waals surface area (Å²) in [5, 5.41) is 9.51. The highest BCUT2D eigenvalue weighted by molar-refractivity contribution is 7.07. The van der Waals surface area contributed by atoms with Crippen LogP contribution in [0.25, 0.3) is 17.4 Å². The van der Waals surface area contributed by atoms with Gasteiger partial charge in [-0.25, -0.2) is 14.6 Å². The molecular formula is C28H21ClN2O6S. The number of benzene rings is 2. The highest BCUT2D eigenvalue weighted by atomic mass is 35.5. The predicted molar refractivity (Wildman–Crippen MR) is 143 cm³/mol. The van der Waals surface area contributed by atoms with Crippen molar-refractivity contribution in [2.24, 2.45) is 4.99 Å². The highest BCUT2D eigenvalue weighted by Gasteiger charge is 2.34. The van der Waals surface area contributed by atoms with Crippen LogP contribution in [0, 0.1) is 0 Å². The number of rotatable bonds is 6. The van der Waals surface area contributed by atoms with Crippen LogP contribution in [0.2, 0.25) is 5.02 Å². The molecule has 0 spiro atoms. The van der Waals surface area contributed by atoms with Gasteiger partial charge in [0.05, 0.1) is 28.0 Å². The van der Waals surface area contributed by atoms with Gasteiger partial charge in [-0.3, -0.25) is 9.36 Å². The Hall–Kier alpha value is -4.21. The third kappa shape index (κ3) is 4.62. The van der Waals surface area contributed by atoms with Crippen molar-refractivity contribution in [3.8, 4) is 11.3 Å². The largest absolute Gasteiger partial charge is 0.478 e. The molecule has 10 heteroatoms. The predicted octanol–water partition coefficient (Wildman–Crippen LogP) is 4.41. The summed E-state index contributed by atoms with van der Waals surface area (Å²) in [6.07, 6.45) is 1.62. The lowest BCUT2D eigenvalue weighted by molar-refractivity contribution is -0.139. The van der Waals surface area contributed by atoms with Gasteiger partial charge in [-0.2, -0.15) is 0 Å². The summed E-state index contributed by atoms with van der Waals surface area (Å²) in [6.45, 7) is 3.60. The quantitative estimate of drug-likeness (QED) is 0.357. The molecule has 1 aliphatic rings. The number of hydrogen-bond donors (Lipinski definition) is 1. The number of thiazole rings is 1. The molecule has 0 saturated heterocycles. The van der Waals surface area contributed by atoms with Crippen LogP contribution >= 0.6 is 22.9 Å². The number of carbonyl (C=O) groups is 2. The Bertz CT molecular complexity index is 1780. The molecule has 0 fully saturated rings. The number of hydrogen-bond acceptors (Lipinski definition) is 7. The minimum absolute atomic E-state index is 0.173.